The molecule has 7 N–H and O–H groups in total. The van der Waals surface area contributed by atoms with E-state index >= 15 is 0 Å². The molecule has 0 unspecified atom stereocenters. The number of carboxylic acids is 1. The van der Waals surface area contributed by atoms with Crippen molar-refractivity contribution in [3.63, 3.8) is 0 Å². The first kappa shape index (κ1) is 48.6. The van der Waals surface area contributed by atoms with Crippen LogP contribution in [0.5, 0.6) is 0 Å². The van der Waals surface area contributed by atoms with Crippen LogP contribution in [0.1, 0.15) is 24.4 Å². The molecule has 0 aliphatic heterocycles. The topological polar surface area (TPSA) is 212 Å². The molecule has 11 aromatic rings. The lowest BCUT2D eigenvalue weighted by molar-refractivity contribution is -0.134. The number of benzene rings is 8. The molecule has 0 spiro atoms. The van der Waals surface area contributed by atoms with Gasteiger partial charge in [0.15, 0.2) is 0 Å². The molecule has 3 heterocycles. The number of esters is 1. The molecule has 3 aromatic heterocycles. The summed E-state index contributed by atoms with van der Waals surface area (Å²) in [6.07, 6.45) is 2.16. The molecule has 0 saturated carbocycles. The third kappa shape index (κ3) is 11.2. The number of carbonyl (C=O) groups excluding carboxylic acids is 1. The number of nitrogens with two attached hydrogens (primary N) is 2. The number of carbonyl (C=O) groups is 2. The maximum atomic E-state index is 12.1. The SMILES string of the molecule is CC(=O)O.CCOC(=O)c1oc2ccc(-c3cccc(-c4ccc(-c5ccccc5)cc4)c3)cc2c1N.N=CN.O=c1[nH]cnc2c1oc1ccc(-c3cccc(-c4ccc(-c5ccccc5)cc4)c3)cc12. The maximum absolute atomic E-state index is 12.1. The molecule has 0 radical (unpaired) electrons. The average Bonchev–Trinajstić information content (AvgIpc) is 3.97. The van der Waals surface area contributed by atoms with Crippen molar-refractivity contribution in [2.24, 2.45) is 5.73 Å². The van der Waals surface area contributed by atoms with Crippen molar-refractivity contribution >= 4 is 57.0 Å². The van der Waals surface area contributed by atoms with Gasteiger partial charge in [0.25, 0.3) is 11.5 Å². The highest BCUT2D eigenvalue weighted by Gasteiger charge is 2.20. The Morgan fingerprint density at radius 3 is 1.40 bits per heavy atom. The number of aromatic amines is 1. The number of nitrogens with zero attached hydrogens (tertiary/aromatic N) is 1. The van der Waals surface area contributed by atoms with E-state index in [-0.39, 0.29) is 23.5 Å². The van der Waals surface area contributed by atoms with Crippen LogP contribution in [0.15, 0.2) is 214 Å². The Bertz CT molecular complexity index is 3710. The van der Waals surface area contributed by atoms with E-state index in [2.05, 4.69) is 143 Å². The summed E-state index contributed by atoms with van der Waals surface area (Å²) in [6, 6.07) is 66.4. The molecular weight excluding hydrogens is 903 g/mol. The number of anilines is 1. The number of aliphatic carboxylic acids is 1. The molecule has 0 fully saturated rings. The molecule has 0 atom stereocenters. The summed E-state index contributed by atoms with van der Waals surface area (Å²) >= 11 is 0. The predicted molar refractivity (Wildman–Crippen MR) is 288 cm³/mol. The van der Waals surface area contributed by atoms with E-state index in [0.717, 1.165) is 63.2 Å². The molecule has 8 aromatic carbocycles. The van der Waals surface area contributed by atoms with Crippen molar-refractivity contribution in [3.05, 3.63) is 217 Å². The van der Waals surface area contributed by atoms with Gasteiger partial charge in [-0.1, -0.05) is 158 Å². The highest BCUT2D eigenvalue weighted by atomic mass is 16.5. The zero-order valence-electron chi connectivity index (χ0n) is 39.3. The Hall–Kier alpha value is -9.81. The number of H-pyrrole nitrogens is 1. The van der Waals surface area contributed by atoms with Crippen molar-refractivity contribution in [1.82, 2.24) is 9.97 Å². The minimum absolute atomic E-state index is 0.0521. The van der Waals surface area contributed by atoms with Crippen molar-refractivity contribution in [3.8, 4) is 66.8 Å². The van der Waals surface area contributed by atoms with Crippen molar-refractivity contribution in [2.45, 2.75) is 13.8 Å². The fourth-order valence-electron chi connectivity index (χ4n) is 8.14. The normalized spacial score (nSPS) is 10.5. The summed E-state index contributed by atoms with van der Waals surface area (Å²) in [5.74, 6) is -1.33. The van der Waals surface area contributed by atoms with Gasteiger partial charge in [-0.3, -0.25) is 15.0 Å². The van der Waals surface area contributed by atoms with Crippen LogP contribution < -0.4 is 17.0 Å². The summed E-state index contributed by atoms with van der Waals surface area (Å²) in [6.45, 7) is 3.09. The first-order chi connectivity index (χ1) is 35.0. The van der Waals surface area contributed by atoms with Gasteiger partial charge in [0, 0.05) is 17.7 Å². The monoisotopic (exact) mass is 951 g/mol. The molecule has 356 valence electrons. The zero-order chi connectivity index (χ0) is 50.6. The molecule has 12 nitrogen and oxygen atoms in total. The molecular formula is C60H49N5O7. The lowest BCUT2D eigenvalue weighted by Gasteiger charge is -2.08. The number of hydrogen-bond acceptors (Lipinski definition) is 9. The summed E-state index contributed by atoms with van der Waals surface area (Å²) in [4.78, 5) is 40.0. The lowest BCUT2D eigenvalue weighted by atomic mass is 9.96. The molecule has 72 heavy (non-hydrogen) atoms. The van der Waals surface area contributed by atoms with Crippen LogP contribution in [0.2, 0.25) is 0 Å². The van der Waals surface area contributed by atoms with Gasteiger partial charge in [-0.05, 0) is 110 Å². The van der Waals surface area contributed by atoms with Crippen LogP contribution in [0, 0.1) is 5.41 Å². The van der Waals surface area contributed by atoms with E-state index < -0.39 is 11.9 Å². The second kappa shape index (κ2) is 22.5. The Labute approximate surface area is 414 Å². The highest BCUT2D eigenvalue weighted by Crippen LogP contribution is 2.36. The zero-order valence-corrected chi connectivity index (χ0v) is 39.3. The minimum Gasteiger partial charge on any atom is -0.481 e. The number of nitrogen functional groups attached to an aromatic ring is 1. The number of rotatable bonds is 8. The number of hydrogen-bond donors (Lipinski definition) is 5. The quantitative estimate of drug-likeness (QED) is 0.0552. The summed E-state index contributed by atoms with van der Waals surface area (Å²) in [5, 5.41) is 14.8. The number of aromatic nitrogens is 2. The summed E-state index contributed by atoms with van der Waals surface area (Å²) < 4.78 is 16.4. The van der Waals surface area contributed by atoms with Gasteiger partial charge in [0.2, 0.25) is 11.3 Å². The first-order valence-corrected chi connectivity index (χ1v) is 22.9. The van der Waals surface area contributed by atoms with E-state index in [1.165, 1.54) is 28.6 Å². The Kier molecular flexibility index (Phi) is 15.2. The molecule has 0 aliphatic carbocycles. The Balaban J connectivity index is 0.000000171. The molecule has 0 aliphatic rings. The van der Waals surface area contributed by atoms with Crippen LogP contribution in [0.25, 0.3) is 99.8 Å². The lowest BCUT2D eigenvalue weighted by Crippen LogP contribution is -2.05. The molecule has 12 heteroatoms. The molecule has 0 saturated heterocycles. The number of nitrogens with one attached hydrogen (secondary N) is 2. The second-order valence-electron chi connectivity index (χ2n) is 16.2. The summed E-state index contributed by atoms with van der Waals surface area (Å²) in [7, 11) is 0. The fourth-order valence-corrected chi connectivity index (χ4v) is 8.14. The van der Waals surface area contributed by atoms with Crippen LogP contribution in [0.3, 0.4) is 0 Å². The van der Waals surface area contributed by atoms with Crippen molar-refractivity contribution in [2.75, 3.05) is 12.3 Å². The van der Waals surface area contributed by atoms with E-state index in [4.69, 9.17) is 34.6 Å². The standard InChI is InChI=1S/C29H23NO3.C28H18N2O2.C2H4O2.CH4N2/c1-2-32-29(31)28-27(30)25-18-24(15-16-26(25)33-28)23-10-6-9-22(17-23)21-13-11-20(12-14-21)19-7-4-3-5-8-19;31-28-27-26(29-17-30-28)24-16-23(13-14-25(24)32-27)22-8-4-7-21(15-22)20-11-9-19(10-12-20)18-5-2-1-3-6-18;1-2(3)4;2-1-3/h3-18H,2,30H2,1H3;1-17H,(H,29,30,31);1H3,(H,3,4);1H,(H3,2,3). The van der Waals surface area contributed by atoms with Crippen LogP contribution >= 0.6 is 0 Å². The average molecular weight is 952 g/mol. The number of carboxylic acid groups (broad SMARTS) is 1. The van der Waals surface area contributed by atoms with Crippen LogP contribution in [0.4, 0.5) is 5.69 Å². The predicted octanol–water partition coefficient (Wildman–Crippen LogP) is 13.5. The Morgan fingerprint density at radius 1 is 0.583 bits per heavy atom. The first-order valence-electron chi connectivity index (χ1n) is 22.9. The van der Waals surface area contributed by atoms with Gasteiger partial charge in [-0.25, -0.2) is 9.78 Å². The number of furan rings is 2. The van der Waals surface area contributed by atoms with Crippen molar-refractivity contribution in [1.29, 1.82) is 5.41 Å². The van der Waals surface area contributed by atoms with E-state index in [1.54, 1.807) is 6.92 Å². The van der Waals surface area contributed by atoms with E-state index in [1.807, 2.05) is 66.7 Å². The third-order valence-electron chi connectivity index (χ3n) is 11.5. The van der Waals surface area contributed by atoms with E-state index in [0.29, 0.717) is 27.8 Å². The molecule has 0 amide bonds. The second-order valence-corrected chi connectivity index (χ2v) is 16.2. The fraction of sp³-hybridized carbons (Fsp3) is 0.0500. The van der Waals surface area contributed by atoms with Gasteiger partial charge in [0.1, 0.15) is 16.7 Å². The van der Waals surface area contributed by atoms with Gasteiger partial charge in [-0.2, -0.15) is 0 Å². The number of fused-ring (bicyclic) bond motifs is 4. The highest BCUT2D eigenvalue weighted by molar-refractivity contribution is 6.05. The smallest absolute Gasteiger partial charge is 0.376 e. The maximum Gasteiger partial charge on any atom is 0.376 e. The summed E-state index contributed by atoms with van der Waals surface area (Å²) in [5.41, 5.74) is 26.2. The van der Waals surface area contributed by atoms with Gasteiger partial charge in [-0.15, -0.1) is 0 Å². The molecule has 0 bridgehead atoms. The van der Waals surface area contributed by atoms with Gasteiger partial charge in [0.05, 0.1) is 25.0 Å². The number of ether oxygens (including phenoxy) is 1. The molecule has 11 rings (SSSR count). The van der Waals surface area contributed by atoms with Gasteiger partial charge < -0.3 is 35.1 Å². The van der Waals surface area contributed by atoms with Crippen LogP contribution in [-0.2, 0) is 9.53 Å². The minimum atomic E-state index is -0.833. The van der Waals surface area contributed by atoms with E-state index in [9.17, 15) is 9.59 Å². The van der Waals surface area contributed by atoms with Crippen LogP contribution in [-0.4, -0.2) is 40.0 Å². The van der Waals surface area contributed by atoms with Crippen molar-refractivity contribution < 1.29 is 28.3 Å². The Morgan fingerprint density at radius 2 is 0.944 bits per heavy atom. The van der Waals surface area contributed by atoms with Gasteiger partial charge >= 0.3 is 5.97 Å². The third-order valence-corrected chi connectivity index (χ3v) is 11.5. The largest absolute Gasteiger partial charge is 0.481 e.